The maximum atomic E-state index is 6.17. The van der Waals surface area contributed by atoms with Gasteiger partial charge in [0.05, 0.1) is 12.7 Å². The Labute approximate surface area is 133 Å². The molecular weight excluding hydrogens is 272 g/mol. The van der Waals surface area contributed by atoms with Crippen molar-refractivity contribution < 1.29 is 9.47 Å². The van der Waals surface area contributed by atoms with Gasteiger partial charge in [-0.25, -0.2) is 0 Å². The van der Waals surface area contributed by atoms with Crippen LogP contribution in [-0.4, -0.2) is 0 Å². The van der Waals surface area contributed by atoms with Gasteiger partial charge in [0.1, 0.15) is 12.4 Å². The summed E-state index contributed by atoms with van der Waals surface area (Å²) in [6.07, 6.45) is 1.27. The van der Waals surface area contributed by atoms with Crippen molar-refractivity contribution in [2.24, 2.45) is 0 Å². The zero-order chi connectivity index (χ0) is 15.7. The van der Waals surface area contributed by atoms with Gasteiger partial charge < -0.3 is 9.47 Å². The number of benzene rings is 2. The molecule has 0 aliphatic carbocycles. The minimum Gasteiger partial charge on any atom is -0.488 e. The second-order valence-electron chi connectivity index (χ2n) is 6.08. The highest BCUT2D eigenvalue weighted by Gasteiger charge is 2.28. The highest BCUT2D eigenvalue weighted by Crippen LogP contribution is 2.43. The molecule has 2 heteroatoms. The Kier molecular flexibility index (Phi) is 4.21. The van der Waals surface area contributed by atoms with Crippen LogP contribution < -0.4 is 4.74 Å². The lowest BCUT2D eigenvalue weighted by molar-refractivity contribution is 0.0632. The molecule has 2 aromatic rings. The summed E-state index contributed by atoms with van der Waals surface area (Å²) >= 11 is 0. The van der Waals surface area contributed by atoms with Crippen LogP contribution in [-0.2, 0) is 18.0 Å². The van der Waals surface area contributed by atoms with E-state index < -0.39 is 0 Å². The van der Waals surface area contributed by atoms with Crippen molar-refractivity contribution in [3.63, 3.8) is 0 Å². The third kappa shape index (κ3) is 2.52. The maximum Gasteiger partial charge on any atom is 0.126 e. The van der Waals surface area contributed by atoms with E-state index in [4.69, 9.17) is 9.47 Å². The van der Waals surface area contributed by atoms with Gasteiger partial charge in [0.25, 0.3) is 0 Å². The molecule has 0 N–H and O–H groups in total. The van der Waals surface area contributed by atoms with Crippen LogP contribution in [0.3, 0.4) is 0 Å². The van der Waals surface area contributed by atoms with Crippen LogP contribution in [0.15, 0.2) is 30.3 Å². The molecule has 116 valence electrons. The first kappa shape index (κ1) is 15.1. The van der Waals surface area contributed by atoms with Gasteiger partial charge >= 0.3 is 0 Å². The van der Waals surface area contributed by atoms with Crippen molar-refractivity contribution in [2.45, 2.75) is 53.4 Å². The van der Waals surface area contributed by atoms with Crippen LogP contribution in [0, 0.1) is 20.8 Å². The molecule has 0 saturated heterocycles. The number of fused-ring (bicyclic) bond motifs is 1. The van der Waals surface area contributed by atoms with E-state index in [1.54, 1.807) is 0 Å². The molecular formula is C20H24O2. The standard InChI is InChI=1S/C20H24O2/c1-5-18-19-13(2)14(3)20(15(4)17(19)12-21-18)22-11-16-9-7-6-8-10-16/h6-10,18H,5,11-12H2,1-4H3. The van der Waals surface area contributed by atoms with Crippen LogP contribution in [0.5, 0.6) is 5.75 Å². The smallest absolute Gasteiger partial charge is 0.126 e. The van der Waals surface area contributed by atoms with Gasteiger partial charge in [0.15, 0.2) is 0 Å². The minimum atomic E-state index is 0.246. The summed E-state index contributed by atoms with van der Waals surface area (Å²) < 4.78 is 12.1. The molecule has 0 bridgehead atoms. The Morgan fingerprint density at radius 1 is 1.05 bits per heavy atom. The number of ether oxygens (including phenoxy) is 2. The topological polar surface area (TPSA) is 18.5 Å². The zero-order valence-electron chi connectivity index (χ0n) is 13.9. The third-order valence-corrected chi connectivity index (χ3v) is 4.77. The Hall–Kier alpha value is -1.80. The summed E-state index contributed by atoms with van der Waals surface area (Å²) in [4.78, 5) is 0. The van der Waals surface area contributed by atoms with Crippen LogP contribution in [0.4, 0.5) is 0 Å². The third-order valence-electron chi connectivity index (χ3n) is 4.77. The molecule has 0 amide bonds. The van der Waals surface area contributed by atoms with Crippen molar-refractivity contribution in [2.75, 3.05) is 0 Å². The highest BCUT2D eigenvalue weighted by atomic mass is 16.5. The van der Waals surface area contributed by atoms with Gasteiger partial charge in [0.2, 0.25) is 0 Å². The van der Waals surface area contributed by atoms with E-state index in [9.17, 15) is 0 Å². The largest absolute Gasteiger partial charge is 0.488 e. The molecule has 1 aliphatic rings. The molecule has 0 saturated carbocycles. The fourth-order valence-corrected chi connectivity index (χ4v) is 3.38. The molecule has 2 aromatic carbocycles. The number of rotatable bonds is 4. The molecule has 1 unspecified atom stereocenters. The van der Waals surface area contributed by atoms with E-state index in [0.29, 0.717) is 13.2 Å². The summed E-state index contributed by atoms with van der Waals surface area (Å²) in [5.74, 6) is 1.03. The van der Waals surface area contributed by atoms with E-state index in [-0.39, 0.29) is 6.10 Å². The monoisotopic (exact) mass is 296 g/mol. The summed E-state index contributed by atoms with van der Waals surface area (Å²) in [7, 11) is 0. The first-order valence-corrected chi connectivity index (χ1v) is 8.04. The summed E-state index contributed by atoms with van der Waals surface area (Å²) in [5.41, 5.74) is 7.74. The van der Waals surface area contributed by atoms with E-state index in [2.05, 4.69) is 39.8 Å². The van der Waals surface area contributed by atoms with Crippen molar-refractivity contribution in [1.29, 1.82) is 0 Å². The van der Waals surface area contributed by atoms with Crippen molar-refractivity contribution in [3.05, 3.63) is 63.7 Å². The molecule has 0 fully saturated rings. The summed E-state index contributed by atoms with van der Waals surface area (Å²) in [6.45, 7) is 10.0. The van der Waals surface area contributed by atoms with Gasteiger partial charge in [-0.3, -0.25) is 0 Å². The van der Waals surface area contributed by atoms with E-state index in [0.717, 1.165) is 12.2 Å². The van der Waals surface area contributed by atoms with Crippen LogP contribution in [0.2, 0.25) is 0 Å². The molecule has 22 heavy (non-hydrogen) atoms. The fourth-order valence-electron chi connectivity index (χ4n) is 3.38. The maximum absolute atomic E-state index is 6.17. The Bertz CT molecular complexity index is 674. The fraction of sp³-hybridized carbons (Fsp3) is 0.400. The average Bonchev–Trinajstić information content (AvgIpc) is 2.98. The molecule has 0 radical (unpaired) electrons. The summed E-state index contributed by atoms with van der Waals surface area (Å²) in [6, 6.07) is 10.3. The Morgan fingerprint density at radius 3 is 2.45 bits per heavy atom. The van der Waals surface area contributed by atoms with Crippen molar-refractivity contribution in [3.8, 4) is 5.75 Å². The van der Waals surface area contributed by atoms with Crippen LogP contribution in [0.1, 0.15) is 52.8 Å². The normalized spacial score (nSPS) is 16.6. The van der Waals surface area contributed by atoms with Crippen LogP contribution >= 0.6 is 0 Å². The Balaban J connectivity index is 1.94. The van der Waals surface area contributed by atoms with E-state index in [1.165, 1.54) is 33.4 Å². The van der Waals surface area contributed by atoms with Gasteiger partial charge in [0, 0.05) is 0 Å². The first-order valence-electron chi connectivity index (χ1n) is 8.04. The molecule has 0 spiro atoms. The van der Waals surface area contributed by atoms with Crippen molar-refractivity contribution >= 4 is 0 Å². The van der Waals surface area contributed by atoms with Gasteiger partial charge in [-0.05, 0) is 60.6 Å². The van der Waals surface area contributed by atoms with E-state index >= 15 is 0 Å². The number of hydrogen-bond donors (Lipinski definition) is 0. The van der Waals surface area contributed by atoms with Gasteiger partial charge in [-0.2, -0.15) is 0 Å². The molecule has 3 rings (SSSR count). The highest BCUT2D eigenvalue weighted by molar-refractivity contribution is 5.56. The summed E-state index contributed by atoms with van der Waals surface area (Å²) in [5, 5.41) is 0. The second-order valence-corrected chi connectivity index (χ2v) is 6.08. The number of hydrogen-bond acceptors (Lipinski definition) is 2. The molecule has 2 nitrogen and oxygen atoms in total. The Morgan fingerprint density at radius 2 is 1.77 bits per heavy atom. The first-order chi connectivity index (χ1) is 10.6. The molecule has 1 aliphatic heterocycles. The lowest BCUT2D eigenvalue weighted by Gasteiger charge is -2.20. The SMILES string of the molecule is CCC1OCc2c(C)c(OCc3ccccc3)c(C)c(C)c21. The predicted octanol–water partition coefficient (Wildman–Crippen LogP) is 5.17. The second kappa shape index (κ2) is 6.13. The molecule has 1 heterocycles. The molecule has 0 aromatic heterocycles. The van der Waals surface area contributed by atoms with Gasteiger partial charge in [-0.1, -0.05) is 37.3 Å². The average molecular weight is 296 g/mol. The minimum absolute atomic E-state index is 0.246. The lowest BCUT2D eigenvalue weighted by atomic mass is 9.90. The van der Waals surface area contributed by atoms with E-state index in [1.807, 2.05) is 18.2 Å². The lowest BCUT2D eigenvalue weighted by Crippen LogP contribution is -2.05. The molecule has 1 atom stereocenters. The quantitative estimate of drug-likeness (QED) is 0.774. The van der Waals surface area contributed by atoms with Crippen molar-refractivity contribution in [1.82, 2.24) is 0 Å². The van der Waals surface area contributed by atoms with Crippen LogP contribution in [0.25, 0.3) is 0 Å². The zero-order valence-corrected chi connectivity index (χ0v) is 13.9. The predicted molar refractivity (Wildman–Crippen MR) is 89.2 cm³/mol. The van der Waals surface area contributed by atoms with Gasteiger partial charge in [-0.15, -0.1) is 0 Å².